The Labute approximate surface area is 151 Å². The number of hydrogen-bond acceptors (Lipinski definition) is 3. The van der Waals surface area contributed by atoms with Crippen LogP contribution < -0.4 is 0 Å². The zero-order chi connectivity index (χ0) is 16.7. The predicted octanol–water partition coefficient (Wildman–Crippen LogP) is 5.56. The summed E-state index contributed by atoms with van der Waals surface area (Å²) in [5.41, 5.74) is 1.82. The van der Waals surface area contributed by atoms with E-state index >= 15 is 0 Å². The normalized spacial score (nSPS) is 11.0. The maximum Gasteiger partial charge on any atom is 0.152 e. The van der Waals surface area contributed by atoms with Gasteiger partial charge in [-0.1, -0.05) is 46.4 Å². The second kappa shape index (κ2) is 6.13. The molecular weight excluding hydrogens is 382 g/mol. The molecule has 0 saturated heterocycles. The second-order valence-electron chi connectivity index (χ2n) is 4.69. The molecule has 1 heterocycles. The van der Waals surface area contributed by atoms with Crippen molar-refractivity contribution in [1.82, 2.24) is 9.78 Å². The number of halogens is 4. The smallest absolute Gasteiger partial charge is 0.152 e. The fourth-order valence-corrected chi connectivity index (χ4v) is 2.98. The highest BCUT2D eigenvalue weighted by Crippen LogP contribution is 2.37. The van der Waals surface area contributed by atoms with Crippen LogP contribution in [0.4, 0.5) is 0 Å². The molecule has 0 amide bonds. The van der Waals surface area contributed by atoms with Crippen LogP contribution in [0.1, 0.15) is 0 Å². The van der Waals surface area contributed by atoms with E-state index in [0.29, 0.717) is 16.9 Å². The van der Waals surface area contributed by atoms with Crippen molar-refractivity contribution in [1.29, 1.82) is 0 Å². The summed E-state index contributed by atoms with van der Waals surface area (Å²) in [4.78, 5) is 0. The van der Waals surface area contributed by atoms with Crippen LogP contribution in [-0.2, 0) is 0 Å². The van der Waals surface area contributed by atoms with Crippen molar-refractivity contribution in [3.8, 4) is 28.4 Å². The van der Waals surface area contributed by atoms with Crippen LogP contribution in [0, 0.1) is 0 Å². The van der Waals surface area contributed by atoms with Gasteiger partial charge in [0.1, 0.15) is 0 Å². The molecule has 2 N–H and O–H groups in total. The van der Waals surface area contributed by atoms with Gasteiger partial charge in [-0.05, 0) is 30.3 Å². The topological polar surface area (TPSA) is 58.3 Å². The summed E-state index contributed by atoms with van der Waals surface area (Å²) < 4.78 is 1.54. The van der Waals surface area contributed by atoms with Gasteiger partial charge in [0, 0.05) is 11.8 Å². The number of phenolic OH excluding ortho intramolecular Hbond substituents is 2. The van der Waals surface area contributed by atoms with E-state index in [4.69, 9.17) is 46.4 Å². The highest BCUT2D eigenvalue weighted by molar-refractivity contribution is 6.38. The maximum atomic E-state index is 9.61. The molecule has 118 valence electrons. The summed E-state index contributed by atoms with van der Waals surface area (Å²) in [5, 5.41) is 24.1. The molecule has 2 aromatic carbocycles. The third-order valence-corrected chi connectivity index (χ3v) is 4.32. The third-order valence-electron chi connectivity index (χ3n) is 3.17. The van der Waals surface area contributed by atoms with E-state index < -0.39 is 0 Å². The number of rotatable bonds is 2. The average molecular weight is 390 g/mol. The Kier molecular flexibility index (Phi) is 4.34. The fraction of sp³-hybridized carbons (Fsp3) is 0. The summed E-state index contributed by atoms with van der Waals surface area (Å²) in [5.74, 6) is -0.352. The van der Waals surface area contributed by atoms with Gasteiger partial charge in [-0.2, -0.15) is 5.10 Å². The highest BCUT2D eigenvalue weighted by Gasteiger charge is 2.12. The van der Waals surface area contributed by atoms with E-state index in [9.17, 15) is 10.2 Å². The molecule has 8 heteroatoms. The predicted molar refractivity (Wildman–Crippen MR) is 92.4 cm³/mol. The summed E-state index contributed by atoms with van der Waals surface area (Å²) >= 11 is 23.7. The first kappa shape index (κ1) is 16.3. The van der Waals surface area contributed by atoms with Crippen LogP contribution in [0.15, 0.2) is 36.5 Å². The van der Waals surface area contributed by atoms with E-state index in [1.807, 2.05) is 0 Å². The Hall–Kier alpha value is -1.59. The largest absolute Gasteiger partial charge is 0.505 e. The lowest BCUT2D eigenvalue weighted by Gasteiger charge is -2.06. The first-order valence-corrected chi connectivity index (χ1v) is 7.80. The van der Waals surface area contributed by atoms with Crippen molar-refractivity contribution >= 4 is 46.4 Å². The van der Waals surface area contributed by atoms with E-state index in [2.05, 4.69) is 5.10 Å². The van der Waals surface area contributed by atoms with Crippen molar-refractivity contribution < 1.29 is 10.2 Å². The fourth-order valence-electron chi connectivity index (χ4n) is 2.02. The van der Waals surface area contributed by atoms with Crippen molar-refractivity contribution in [2.75, 3.05) is 0 Å². The van der Waals surface area contributed by atoms with Crippen LogP contribution in [0.25, 0.3) is 16.9 Å². The minimum Gasteiger partial charge on any atom is -0.505 e. The van der Waals surface area contributed by atoms with Gasteiger partial charge in [-0.15, -0.1) is 0 Å². The minimum absolute atomic E-state index is 0.125. The third kappa shape index (κ3) is 3.08. The molecule has 0 aliphatic heterocycles. The molecule has 3 aromatic rings. The first-order valence-electron chi connectivity index (χ1n) is 6.29. The van der Waals surface area contributed by atoms with Crippen molar-refractivity contribution in [2.45, 2.75) is 0 Å². The van der Waals surface area contributed by atoms with Gasteiger partial charge in [-0.3, -0.25) is 0 Å². The van der Waals surface area contributed by atoms with Gasteiger partial charge < -0.3 is 10.2 Å². The molecule has 0 radical (unpaired) electrons. The van der Waals surface area contributed by atoms with Crippen LogP contribution in [0.5, 0.6) is 11.5 Å². The Morgan fingerprint density at radius 1 is 0.783 bits per heavy atom. The molecule has 1 aromatic heterocycles. The molecule has 0 spiro atoms. The van der Waals surface area contributed by atoms with E-state index in [1.54, 1.807) is 29.1 Å². The Morgan fingerprint density at radius 2 is 1.26 bits per heavy atom. The Morgan fingerprint density at radius 3 is 1.78 bits per heavy atom. The number of aromatic nitrogens is 2. The van der Waals surface area contributed by atoms with Gasteiger partial charge in [0.2, 0.25) is 0 Å². The monoisotopic (exact) mass is 388 g/mol. The van der Waals surface area contributed by atoms with Gasteiger partial charge >= 0.3 is 0 Å². The summed E-state index contributed by atoms with van der Waals surface area (Å²) in [6.07, 6.45) is 1.70. The van der Waals surface area contributed by atoms with Gasteiger partial charge in [-0.25, -0.2) is 4.68 Å². The zero-order valence-electron chi connectivity index (χ0n) is 11.3. The number of phenols is 2. The number of benzene rings is 2. The van der Waals surface area contributed by atoms with Gasteiger partial charge in [0.05, 0.1) is 31.5 Å². The molecule has 0 unspecified atom stereocenters. The van der Waals surface area contributed by atoms with Crippen LogP contribution >= 0.6 is 46.4 Å². The van der Waals surface area contributed by atoms with Gasteiger partial charge in [0.25, 0.3) is 0 Å². The van der Waals surface area contributed by atoms with E-state index in [1.165, 1.54) is 12.1 Å². The minimum atomic E-state index is -0.179. The Bertz CT molecular complexity index is 790. The average Bonchev–Trinajstić information content (AvgIpc) is 2.99. The second-order valence-corrected chi connectivity index (χ2v) is 6.32. The molecular formula is C15H8Cl4N2O2. The van der Waals surface area contributed by atoms with E-state index in [0.717, 1.165) is 0 Å². The first-order chi connectivity index (χ1) is 10.9. The maximum absolute atomic E-state index is 9.61. The molecule has 0 saturated carbocycles. The molecule has 0 fully saturated rings. The van der Waals surface area contributed by atoms with E-state index in [-0.39, 0.29) is 31.6 Å². The highest BCUT2D eigenvalue weighted by atomic mass is 35.5. The molecule has 4 nitrogen and oxygen atoms in total. The number of nitrogens with zero attached hydrogens (tertiary/aromatic N) is 2. The Balaban J connectivity index is 2.04. The number of aromatic hydroxyl groups is 2. The quantitative estimate of drug-likeness (QED) is 0.602. The lowest BCUT2D eigenvalue weighted by atomic mass is 10.1. The molecule has 0 bridgehead atoms. The molecule has 3 rings (SSSR count). The molecule has 23 heavy (non-hydrogen) atoms. The molecule has 0 atom stereocenters. The van der Waals surface area contributed by atoms with Crippen molar-refractivity contribution in [3.63, 3.8) is 0 Å². The SMILES string of the molecule is Oc1c(Cl)cc(-c2ccn(-c3cc(Cl)c(O)c(Cl)c3)n2)cc1Cl. The number of hydrogen-bond donors (Lipinski definition) is 2. The summed E-state index contributed by atoms with van der Waals surface area (Å²) in [6, 6.07) is 7.94. The van der Waals surface area contributed by atoms with Crippen molar-refractivity contribution in [3.05, 3.63) is 56.6 Å². The van der Waals surface area contributed by atoms with Gasteiger partial charge in [0.15, 0.2) is 11.5 Å². The van der Waals surface area contributed by atoms with Crippen molar-refractivity contribution in [2.24, 2.45) is 0 Å². The standard InChI is InChI=1S/C15H8Cl4N2O2/c16-9-3-7(4-10(17)14(9)22)13-1-2-21(20-13)8-5-11(18)15(23)12(19)6-8/h1-6,22-23H. The van der Waals surface area contributed by atoms with Crippen LogP contribution in [-0.4, -0.2) is 20.0 Å². The zero-order valence-corrected chi connectivity index (χ0v) is 14.3. The lowest BCUT2D eigenvalue weighted by molar-refractivity contribution is 0.475. The summed E-state index contributed by atoms with van der Waals surface area (Å²) in [6.45, 7) is 0. The van der Waals surface area contributed by atoms with Crippen LogP contribution in [0.2, 0.25) is 20.1 Å². The lowest BCUT2D eigenvalue weighted by Crippen LogP contribution is -1.95. The van der Waals surface area contributed by atoms with Crippen LogP contribution in [0.3, 0.4) is 0 Å². The summed E-state index contributed by atoms with van der Waals surface area (Å²) in [7, 11) is 0. The molecule has 0 aliphatic rings. The molecule has 0 aliphatic carbocycles.